The quantitative estimate of drug-likeness (QED) is 0.652. The van der Waals surface area contributed by atoms with Crippen LogP contribution in [0.1, 0.15) is 78.2 Å². The van der Waals surface area contributed by atoms with Gasteiger partial charge in [-0.05, 0) is 50.7 Å². The molecule has 0 unspecified atom stereocenters. The summed E-state index contributed by atoms with van der Waals surface area (Å²) in [5.41, 5.74) is 1.05. The number of rotatable bonds is 5. The number of hydrogen-bond acceptors (Lipinski definition) is 3. The van der Waals surface area contributed by atoms with E-state index in [1.807, 2.05) is 19.1 Å². The molecule has 178 valence electrons. The van der Waals surface area contributed by atoms with Crippen molar-refractivity contribution in [3.63, 3.8) is 0 Å². The van der Waals surface area contributed by atoms with Gasteiger partial charge in [0.15, 0.2) is 0 Å². The number of carbonyl (C=O) groups excluding carboxylic acids is 1. The first-order valence-electron chi connectivity index (χ1n) is 11.1. The van der Waals surface area contributed by atoms with E-state index >= 15 is 0 Å². The van der Waals surface area contributed by atoms with Crippen LogP contribution in [0.2, 0.25) is 0 Å². The van der Waals surface area contributed by atoms with Crippen molar-refractivity contribution in [1.29, 1.82) is 0 Å². The third kappa shape index (κ3) is 8.11. The van der Waals surface area contributed by atoms with Crippen LogP contribution in [0.4, 0.5) is 4.79 Å². The molecule has 1 aromatic rings. The van der Waals surface area contributed by atoms with Crippen LogP contribution in [0, 0.1) is 12.8 Å². The molecule has 1 heterocycles. The van der Waals surface area contributed by atoms with Crippen LogP contribution in [-0.4, -0.2) is 44.4 Å². The first-order valence-corrected chi connectivity index (χ1v) is 12.5. The molecule has 0 radical (unpaired) electrons. The van der Waals surface area contributed by atoms with E-state index in [0.29, 0.717) is 30.4 Å². The Morgan fingerprint density at radius 1 is 0.935 bits per heavy atom. The van der Waals surface area contributed by atoms with Crippen LogP contribution in [0.3, 0.4) is 0 Å². The van der Waals surface area contributed by atoms with Gasteiger partial charge in [-0.3, -0.25) is 0 Å². The fourth-order valence-corrected chi connectivity index (χ4v) is 5.76. The minimum Gasteiger partial charge on any atom is -0.338 e. The van der Waals surface area contributed by atoms with Gasteiger partial charge >= 0.3 is 6.03 Å². The van der Waals surface area contributed by atoms with Crippen molar-refractivity contribution in [3.8, 4) is 0 Å². The molecule has 1 aromatic carbocycles. The highest BCUT2D eigenvalue weighted by Crippen LogP contribution is 2.24. The van der Waals surface area contributed by atoms with Crippen molar-refractivity contribution in [1.82, 2.24) is 14.9 Å². The summed E-state index contributed by atoms with van der Waals surface area (Å²) in [5, 5.41) is 6.14. The van der Waals surface area contributed by atoms with Crippen LogP contribution in [0.5, 0.6) is 0 Å². The molecular weight excluding hydrogens is 410 g/mol. The van der Waals surface area contributed by atoms with Crippen LogP contribution in [0.15, 0.2) is 29.2 Å². The van der Waals surface area contributed by atoms with E-state index in [9.17, 15) is 13.2 Å². The van der Waals surface area contributed by atoms with E-state index in [-0.39, 0.29) is 26.9 Å². The Morgan fingerprint density at radius 2 is 1.48 bits per heavy atom. The number of urea groups is 1. The van der Waals surface area contributed by atoms with E-state index in [2.05, 4.69) is 10.6 Å². The maximum Gasteiger partial charge on any atom is 0.315 e. The van der Waals surface area contributed by atoms with Crippen molar-refractivity contribution in [2.75, 3.05) is 19.6 Å². The molecule has 7 heteroatoms. The zero-order valence-corrected chi connectivity index (χ0v) is 18.3. The maximum atomic E-state index is 12.8. The lowest BCUT2D eigenvalue weighted by molar-refractivity contribution is 0.225. The minimum atomic E-state index is -3.43. The molecule has 2 aliphatic rings. The highest BCUT2D eigenvalue weighted by atomic mass is 32.2. The standard InChI is InChI=1S/C22H35N3O3S.2CH4/c1-18-9-11-21(12-10-18)29(27,28)25-15-13-19(14-16-25)17-23-22(26)24-20-7-5-3-2-4-6-8-20;;/h9-12,19-20H,2-8,13-17H2,1H3,(H2,23,24,26);2*1H4. The first kappa shape index (κ1) is 27.4. The van der Waals surface area contributed by atoms with E-state index in [4.69, 9.17) is 0 Å². The summed E-state index contributed by atoms with van der Waals surface area (Å²) in [6.45, 7) is 3.57. The normalized spacial score (nSPS) is 19.3. The second-order valence-corrected chi connectivity index (χ2v) is 10.5. The summed E-state index contributed by atoms with van der Waals surface area (Å²) in [4.78, 5) is 12.6. The van der Waals surface area contributed by atoms with Crippen molar-refractivity contribution >= 4 is 16.1 Å². The van der Waals surface area contributed by atoms with Gasteiger partial charge in [-0.2, -0.15) is 4.31 Å². The van der Waals surface area contributed by atoms with Gasteiger partial charge in [0.2, 0.25) is 10.0 Å². The number of carbonyl (C=O) groups is 1. The third-order valence-electron chi connectivity index (χ3n) is 6.22. The lowest BCUT2D eigenvalue weighted by Crippen LogP contribution is -2.46. The minimum absolute atomic E-state index is 0. The van der Waals surface area contributed by atoms with Gasteiger partial charge in [-0.15, -0.1) is 0 Å². The van der Waals surface area contributed by atoms with Crippen molar-refractivity contribution < 1.29 is 13.2 Å². The monoisotopic (exact) mass is 453 g/mol. The Kier molecular flexibility index (Phi) is 11.6. The van der Waals surface area contributed by atoms with Crippen LogP contribution < -0.4 is 10.6 Å². The zero-order valence-electron chi connectivity index (χ0n) is 17.5. The molecule has 2 amide bonds. The van der Waals surface area contributed by atoms with Gasteiger partial charge < -0.3 is 10.6 Å². The predicted molar refractivity (Wildman–Crippen MR) is 129 cm³/mol. The smallest absolute Gasteiger partial charge is 0.315 e. The SMILES string of the molecule is C.C.Cc1ccc(S(=O)(=O)N2CCC(CNC(=O)NC3CCCCCCC3)CC2)cc1. The van der Waals surface area contributed by atoms with E-state index in [1.54, 1.807) is 16.4 Å². The number of nitrogens with zero attached hydrogens (tertiary/aromatic N) is 1. The molecule has 31 heavy (non-hydrogen) atoms. The molecule has 1 aliphatic heterocycles. The lowest BCUT2D eigenvalue weighted by atomic mass is 9.97. The Morgan fingerprint density at radius 3 is 2.06 bits per heavy atom. The summed E-state index contributed by atoms with van der Waals surface area (Å²) in [5.74, 6) is 0.322. The van der Waals surface area contributed by atoms with Crippen LogP contribution in [-0.2, 0) is 10.0 Å². The van der Waals surface area contributed by atoms with Crippen molar-refractivity contribution in [3.05, 3.63) is 29.8 Å². The molecule has 3 rings (SSSR count). The summed E-state index contributed by atoms with van der Waals surface area (Å²) in [7, 11) is -3.43. The number of hydrogen-bond donors (Lipinski definition) is 2. The molecule has 1 saturated heterocycles. The predicted octanol–water partition coefficient (Wildman–Crippen LogP) is 5.08. The average Bonchev–Trinajstić information content (AvgIpc) is 2.69. The van der Waals surface area contributed by atoms with Gasteiger partial charge in [0.05, 0.1) is 4.90 Å². The molecule has 2 N–H and O–H groups in total. The van der Waals surface area contributed by atoms with Crippen LogP contribution in [0.25, 0.3) is 0 Å². The Hall–Kier alpha value is -1.60. The highest BCUT2D eigenvalue weighted by Gasteiger charge is 2.29. The molecule has 2 fully saturated rings. The van der Waals surface area contributed by atoms with Crippen LogP contribution >= 0.6 is 0 Å². The Bertz CT molecular complexity index is 749. The fraction of sp³-hybridized carbons (Fsp3) is 0.708. The van der Waals surface area contributed by atoms with Gasteiger partial charge in [-0.25, -0.2) is 13.2 Å². The number of piperidine rings is 1. The second-order valence-electron chi connectivity index (χ2n) is 8.56. The van der Waals surface area contributed by atoms with E-state index in [0.717, 1.165) is 31.2 Å². The number of amides is 2. The summed E-state index contributed by atoms with van der Waals surface area (Å²) < 4.78 is 27.2. The second kappa shape index (κ2) is 13.1. The number of nitrogens with one attached hydrogen (secondary N) is 2. The molecular formula is C24H43N3O3S. The lowest BCUT2D eigenvalue weighted by Gasteiger charge is -2.31. The summed E-state index contributed by atoms with van der Waals surface area (Å²) in [6, 6.07) is 7.23. The maximum absolute atomic E-state index is 12.8. The van der Waals surface area contributed by atoms with Gasteiger partial charge in [0.25, 0.3) is 0 Å². The van der Waals surface area contributed by atoms with E-state index < -0.39 is 10.0 Å². The molecule has 6 nitrogen and oxygen atoms in total. The molecule has 1 aliphatic carbocycles. The van der Waals surface area contributed by atoms with Gasteiger partial charge in [-0.1, -0.05) is 64.7 Å². The first-order chi connectivity index (χ1) is 13.9. The molecule has 0 aromatic heterocycles. The molecule has 0 bridgehead atoms. The number of sulfonamides is 1. The molecule has 0 atom stereocenters. The topological polar surface area (TPSA) is 78.5 Å². The fourth-order valence-electron chi connectivity index (χ4n) is 4.29. The third-order valence-corrected chi connectivity index (χ3v) is 8.14. The summed E-state index contributed by atoms with van der Waals surface area (Å²) >= 11 is 0. The zero-order chi connectivity index (χ0) is 20.7. The highest BCUT2D eigenvalue weighted by molar-refractivity contribution is 7.89. The Labute approximate surface area is 190 Å². The largest absolute Gasteiger partial charge is 0.338 e. The number of aryl methyl sites for hydroxylation is 1. The summed E-state index contributed by atoms with van der Waals surface area (Å²) in [6.07, 6.45) is 9.93. The average molecular weight is 454 g/mol. The van der Waals surface area contributed by atoms with Gasteiger partial charge in [0.1, 0.15) is 0 Å². The number of benzene rings is 1. The Balaban J connectivity index is 0.00000240. The van der Waals surface area contributed by atoms with Gasteiger partial charge in [0, 0.05) is 25.7 Å². The molecule has 1 saturated carbocycles. The van der Waals surface area contributed by atoms with E-state index in [1.165, 1.54) is 32.1 Å². The van der Waals surface area contributed by atoms with Crippen molar-refractivity contribution in [2.24, 2.45) is 5.92 Å². The van der Waals surface area contributed by atoms with Crippen molar-refractivity contribution in [2.45, 2.75) is 90.5 Å². The molecule has 0 spiro atoms.